The Morgan fingerprint density at radius 3 is 2.63 bits per heavy atom. The Labute approximate surface area is 161 Å². The van der Waals surface area contributed by atoms with Gasteiger partial charge in [0.2, 0.25) is 5.91 Å². The van der Waals surface area contributed by atoms with Crippen LogP contribution in [0.15, 0.2) is 12.1 Å². The van der Waals surface area contributed by atoms with Crippen LogP contribution >= 0.6 is 11.3 Å². The lowest BCUT2D eigenvalue weighted by Gasteiger charge is -2.47. The first-order valence-electron chi connectivity index (χ1n) is 9.32. The van der Waals surface area contributed by atoms with E-state index < -0.39 is 11.0 Å². The van der Waals surface area contributed by atoms with E-state index in [9.17, 15) is 19.7 Å². The number of rotatable bonds is 5. The number of piperazine rings is 3. The Hall–Kier alpha value is -2.04. The molecule has 2 unspecified atom stereocenters. The van der Waals surface area contributed by atoms with Gasteiger partial charge in [0, 0.05) is 57.9 Å². The van der Waals surface area contributed by atoms with Crippen molar-refractivity contribution in [2.75, 3.05) is 45.8 Å². The summed E-state index contributed by atoms with van der Waals surface area (Å²) in [7, 11) is 0. The Bertz CT molecular complexity index is 745. The van der Waals surface area contributed by atoms with E-state index in [1.807, 2.05) is 0 Å². The molecule has 4 saturated heterocycles. The van der Waals surface area contributed by atoms with Gasteiger partial charge >= 0.3 is 5.00 Å². The van der Waals surface area contributed by atoms with Crippen molar-refractivity contribution < 1.29 is 14.5 Å². The van der Waals surface area contributed by atoms with Crippen molar-refractivity contribution in [1.29, 1.82) is 0 Å². The number of carbonyl (C=O) groups is 2. The molecule has 2 amide bonds. The largest absolute Gasteiger partial charge is 0.353 e. The number of thiophene rings is 1. The molecule has 9 nitrogen and oxygen atoms in total. The molecule has 1 aromatic heterocycles. The molecule has 4 fully saturated rings. The van der Waals surface area contributed by atoms with E-state index in [0.29, 0.717) is 30.4 Å². The molecule has 4 aliphatic rings. The molecule has 27 heavy (non-hydrogen) atoms. The second-order valence-electron chi connectivity index (χ2n) is 7.29. The van der Waals surface area contributed by atoms with Crippen molar-refractivity contribution in [3.05, 3.63) is 27.1 Å². The fourth-order valence-electron chi connectivity index (χ4n) is 4.22. The lowest BCUT2D eigenvalue weighted by atomic mass is 10.1. The topological polar surface area (TPSA) is 99.0 Å². The lowest BCUT2D eigenvalue weighted by molar-refractivity contribution is -0.380. The van der Waals surface area contributed by atoms with Gasteiger partial charge in [0.15, 0.2) is 0 Å². The predicted molar refractivity (Wildman–Crippen MR) is 99.8 cm³/mol. The van der Waals surface area contributed by atoms with Crippen LogP contribution in [0, 0.1) is 10.1 Å². The number of fused-ring (bicyclic) bond motifs is 3. The molecule has 1 aromatic rings. The summed E-state index contributed by atoms with van der Waals surface area (Å²) in [5.74, 6) is -0.415. The normalized spacial score (nSPS) is 29.7. The third-order valence-corrected chi connectivity index (χ3v) is 6.73. The minimum absolute atomic E-state index is 0.0602. The first-order chi connectivity index (χ1) is 13.0. The van der Waals surface area contributed by atoms with Crippen LogP contribution in [0.1, 0.15) is 22.5 Å². The number of likely N-dealkylation sites (tertiary alicyclic amines) is 1. The van der Waals surface area contributed by atoms with E-state index >= 15 is 0 Å². The fraction of sp³-hybridized carbons (Fsp3) is 0.647. The molecule has 10 heteroatoms. The summed E-state index contributed by atoms with van der Waals surface area (Å²) in [6, 6.07) is 2.65. The van der Waals surface area contributed by atoms with Crippen LogP contribution in [0.3, 0.4) is 0 Å². The molecule has 4 aliphatic heterocycles. The van der Waals surface area contributed by atoms with Gasteiger partial charge in [-0.1, -0.05) is 11.3 Å². The quantitative estimate of drug-likeness (QED) is 0.573. The summed E-state index contributed by atoms with van der Waals surface area (Å²) in [5, 5.41) is 13.8. The first kappa shape index (κ1) is 18.3. The van der Waals surface area contributed by atoms with Crippen LogP contribution in [0.25, 0.3) is 0 Å². The predicted octanol–water partition coefficient (Wildman–Crippen LogP) is 0.377. The van der Waals surface area contributed by atoms with Crippen molar-refractivity contribution in [1.82, 2.24) is 20.0 Å². The van der Waals surface area contributed by atoms with E-state index in [4.69, 9.17) is 0 Å². The van der Waals surface area contributed by atoms with Gasteiger partial charge in [-0.25, -0.2) is 0 Å². The zero-order chi connectivity index (χ0) is 19.0. The summed E-state index contributed by atoms with van der Waals surface area (Å²) in [6.45, 7) is 6.37. The van der Waals surface area contributed by atoms with Crippen LogP contribution < -0.4 is 5.32 Å². The number of hydrogen-bond acceptors (Lipinski definition) is 7. The number of carbonyl (C=O) groups excluding carboxylic acids is 2. The van der Waals surface area contributed by atoms with E-state index in [1.54, 1.807) is 4.90 Å². The van der Waals surface area contributed by atoms with Gasteiger partial charge in [-0.05, 0) is 18.9 Å². The van der Waals surface area contributed by atoms with Gasteiger partial charge in [0.05, 0.1) is 9.80 Å². The highest BCUT2D eigenvalue weighted by Gasteiger charge is 2.37. The number of nitrogens with one attached hydrogen (secondary N) is 1. The molecular weight excluding hydrogens is 370 g/mol. The number of nitro groups is 1. The summed E-state index contributed by atoms with van der Waals surface area (Å²) >= 11 is 0.860. The smallest absolute Gasteiger partial charge is 0.324 e. The maximum absolute atomic E-state index is 12.7. The van der Waals surface area contributed by atoms with Gasteiger partial charge in [0.1, 0.15) is 6.04 Å². The monoisotopic (exact) mass is 393 g/mol. The molecule has 5 heterocycles. The Kier molecular flexibility index (Phi) is 5.11. The highest BCUT2D eigenvalue weighted by molar-refractivity contribution is 7.17. The number of hydrogen-bond donors (Lipinski definition) is 1. The van der Waals surface area contributed by atoms with Crippen molar-refractivity contribution in [2.24, 2.45) is 0 Å². The maximum atomic E-state index is 12.7. The third-order valence-electron chi connectivity index (χ3n) is 5.70. The minimum atomic E-state index is -0.501. The van der Waals surface area contributed by atoms with E-state index in [1.165, 1.54) is 12.1 Å². The van der Waals surface area contributed by atoms with E-state index in [2.05, 4.69) is 15.1 Å². The SMILES string of the molecule is O=C(NCC1CN2CCN1CC2)C1CCCN1C(=O)c1ccc([N+](=O)[O-])s1. The Balaban J connectivity index is 1.36. The van der Waals surface area contributed by atoms with Crippen molar-refractivity contribution in [3.63, 3.8) is 0 Å². The van der Waals surface area contributed by atoms with Gasteiger partial charge in [-0.15, -0.1) is 0 Å². The zero-order valence-corrected chi connectivity index (χ0v) is 15.8. The van der Waals surface area contributed by atoms with Crippen LogP contribution in [0.4, 0.5) is 5.00 Å². The lowest BCUT2D eigenvalue weighted by Crippen LogP contribution is -2.64. The fourth-order valence-corrected chi connectivity index (χ4v) is 5.00. The highest BCUT2D eigenvalue weighted by Crippen LogP contribution is 2.28. The Morgan fingerprint density at radius 2 is 2.00 bits per heavy atom. The molecule has 0 radical (unpaired) electrons. The number of nitrogens with zero attached hydrogens (tertiary/aromatic N) is 4. The van der Waals surface area contributed by atoms with Gasteiger partial charge < -0.3 is 10.2 Å². The second-order valence-corrected chi connectivity index (χ2v) is 8.35. The van der Waals surface area contributed by atoms with Crippen LogP contribution in [0.2, 0.25) is 0 Å². The third kappa shape index (κ3) is 3.69. The van der Waals surface area contributed by atoms with Crippen LogP contribution in [-0.2, 0) is 4.79 Å². The van der Waals surface area contributed by atoms with Crippen molar-refractivity contribution in [2.45, 2.75) is 24.9 Å². The molecular formula is C17H23N5O4S. The number of amides is 2. The van der Waals surface area contributed by atoms with Crippen LogP contribution in [0.5, 0.6) is 0 Å². The van der Waals surface area contributed by atoms with Gasteiger partial charge in [0.25, 0.3) is 5.91 Å². The minimum Gasteiger partial charge on any atom is -0.353 e. The molecule has 2 atom stereocenters. The van der Waals surface area contributed by atoms with E-state index in [0.717, 1.165) is 50.5 Å². The zero-order valence-electron chi connectivity index (χ0n) is 15.0. The standard InChI is InChI=1S/C17H23N5O4S/c23-16(18-10-12-11-19-6-8-20(12)9-7-19)13-2-1-5-21(13)17(24)14-3-4-15(27-14)22(25)26/h3-4,12-13H,1-2,5-11H2,(H,18,23). The van der Waals surface area contributed by atoms with E-state index in [-0.39, 0.29) is 16.8 Å². The second kappa shape index (κ2) is 7.53. The molecule has 0 spiro atoms. The summed E-state index contributed by atoms with van der Waals surface area (Å²) in [6.07, 6.45) is 1.40. The van der Waals surface area contributed by atoms with Gasteiger partial charge in [-0.3, -0.25) is 29.5 Å². The summed E-state index contributed by atoms with van der Waals surface area (Å²) in [4.78, 5) is 42.5. The van der Waals surface area contributed by atoms with Crippen LogP contribution in [-0.4, -0.2) is 89.3 Å². The molecule has 5 rings (SSSR count). The van der Waals surface area contributed by atoms with Crippen molar-refractivity contribution in [3.8, 4) is 0 Å². The molecule has 146 valence electrons. The summed E-state index contributed by atoms with van der Waals surface area (Å²) < 4.78 is 0. The van der Waals surface area contributed by atoms with Gasteiger partial charge in [-0.2, -0.15) is 0 Å². The molecule has 0 aliphatic carbocycles. The molecule has 0 saturated carbocycles. The summed E-state index contributed by atoms with van der Waals surface area (Å²) in [5.41, 5.74) is 0. The maximum Gasteiger partial charge on any atom is 0.324 e. The first-order valence-corrected chi connectivity index (χ1v) is 10.1. The average Bonchev–Trinajstić information content (AvgIpc) is 3.36. The molecule has 0 aromatic carbocycles. The average molecular weight is 393 g/mol. The Morgan fingerprint density at radius 1 is 1.22 bits per heavy atom. The van der Waals surface area contributed by atoms with Crippen molar-refractivity contribution >= 4 is 28.2 Å². The molecule has 2 bridgehead atoms. The molecule has 1 N–H and O–H groups in total. The highest BCUT2D eigenvalue weighted by atomic mass is 32.1.